The van der Waals surface area contributed by atoms with Crippen LogP contribution in [0.2, 0.25) is 0 Å². The molecule has 1 aliphatic heterocycles. The van der Waals surface area contributed by atoms with Crippen molar-refractivity contribution < 1.29 is 14.7 Å². The Balaban J connectivity index is 1.77. The minimum Gasteiger partial charge on any atom is -0.490 e. The molecular weight excluding hydrogens is 238 g/mol. The lowest BCUT2D eigenvalue weighted by molar-refractivity contribution is -0.908. The van der Waals surface area contributed by atoms with E-state index in [2.05, 4.69) is 13.0 Å². The van der Waals surface area contributed by atoms with Gasteiger partial charge in [0.05, 0.1) is 13.1 Å². The van der Waals surface area contributed by atoms with Gasteiger partial charge < -0.3 is 14.7 Å². The molecule has 3 heteroatoms. The van der Waals surface area contributed by atoms with E-state index in [9.17, 15) is 5.11 Å². The van der Waals surface area contributed by atoms with Gasteiger partial charge in [0.1, 0.15) is 25.0 Å². The average Bonchev–Trinajstić information content (AvgIpc) is 2.39. The number of aliphatic hydroxyl groups excluding tert-OH is 1. The minimum absolute atomic E-state index is 0.367. The van der Waals surface area contributed by atoms with Crippen LogP contribution in [-0.2, 0) is 0 Å². The van der Waals surface area contributed by atoms with Gasteiger partial charge in [0, 0.05) is 0 Å². The molecule has 1 aromatic carbocycles. The summed E-state index contributed by atoms with van der Waals surface area (Å²) in [6.07, 6.45) is 3.56. The fourth-order valence-electron chi connectivity index (χ4n) is 2.80. The molecule has 0 spiro atoms. The van der Waals surface area contributed by atoms with E-state index in [0.29, 0.717) is 6.61 Å². The Morgan fingerprint density at radius 2 is 1.95 bits per heavy atom. The van der Waals surface area contributed by atoms with Crippen LogP contribution in [0.4, 0.5) is 0 Å². The van der Waals surface area contributed by atoms with Gasteiger partial charge in [-0.25, -0.2) is 0 Å². The van der Waals surface area contributed by atoms with Crippen molar-refractivity contribution in [3.8, 4) is 5.75 Å². The lowest BCUT2D eigenvalue weighted by atomic mass is 10.1. The quantitative estimate of drug-likeness (QED) is 0.835. The van der Waals surface area contributed by atoms with Gasteiger partial charge in [-0.3, -0.25) is 0 Å². The van der Waals surface area contributed by atoms with Gasteiger partial charge in [0.15, 0.2) is 0 Å². The summed E-state index contributed by atoms with van der Waals surface area (Å²) >= 11 is 0. The van der Waals surface area contributed by atoms with Gasteiger partial charge in [-0.15, -0.1) is 0 Å². The minimum atomic E-state index is -0.367. The topological polar surface area (TPSA) is 33.9 Å². The van der Waals surface area contributed by atoms with E-state index >= 15 is 0 Å². The van der Waals surface area contributed by atoms with Crippen LogP contribution >= 0.6 is 0 Å². The first-order chi connectivity index (χ1) is 9.15. The predicted octanol–water partition coefficient (Wildman–Crippen LogP) is 1.11. The zero-order valence-electron chi connectivity index (χ0n) is 12.1. The summed E-state index contributed by atoms with van der Waals surface area (Å²) in [6, 6.07) is 6.15. The van der Waals surface area contributed by atoms with E-state index < -0.39 is 0 Å². The van der Waals surface area contributed by atoms with Gasteiger partial charge in [-0.1, -0.05) is 17.7 Å². The Hall–Kier alpha value is -1.06. The number of quaternary nitrogens is 1. The Labute approximate surface area is 116 Å². The maximum atomic E-state index is 10.1. The van der Waals surface area contributed by atoms with E-state index in [1.54, 1.807) is 0 Å². The summed E-state index contributed by atoms with van der Waals surface area (Å²) in [5.74, 6) is 0.887. The summed E-state index contributed by atoms with van der Waals surface area (Å²) < 4.78 is 5.73. The zero-order valence-corrected chi connectivity index (χ0v) is 12.1. The highest BCUT2D eigenvalue weighted by Gasteiger charge is 2.18. The van der Waals surface area contributed by atoms with Gasteiger partial charge in [-0.05, 0) is 44.7 Å². The van der Waals surface area contributed by atoms with Gasteiger partial charge in [0.2, 0.25) is 0 Å². The largest absolute Gasteiger partial charge is 0.490 e. The Morgan fingerprint density at radius 3 is 2.63 bits per heavy atom. The maximum absolute atomic E-state index is 10.1. The summed E-state index contributed by atoms with van der Waals surface area (Å²) in [5.41, 5.74) is 2.38. The normalized spacial score (nSPS) is 18.3. The van der Waals surface area contributed by atoms with Crippen molar-refractivity contribution >= 4 is 0 Å². The fourth-order valence-corrected chi connectivity index (χ4v) is 2.80. The van der Waals surface area contributed by atoms with Crippen LogP contribution in [0.15, 0.2) is 18.2 Å². The molecule has 1 aromatic rings. The Kier molecular flexibility index (Phi) is 5.23. The highest BCUT2D eigenvalue weighted by Crippen LogP contribution is 2.18. The average molecular weight is 264 g/mol. The zero-order chi connectivity index (χ0) is 13.7. The van der Waals surface area contributed by atoms with Crippen molar-refractivity contribution in [2.75, 3.05) is 26.2 Å². The number of hydrogen-bond donors (Lipinski definition) is 2. The first-order valence-electron chi connectivity index (χ1n) is 7.37. The molecule has 1 aliphatic rings. The summed E-state index contributed by atoms with van der Waals surface area (Å²) in [5, 5.41) is 10.1. The standard InChI is InChI=1S/C16H25NO2/c1-13-6-7-16(14(2)10-13)19-12-15(18)11-17-8-4-3-5-9-17/h6-7,10,15,18H,3-5,8-9,11-12H2,1-2H3/p+1. The van der Waals surface area contributed by atoms with Crippen LogP contribution in [0.25, 0.3) is 0 Å². The molecule has 1 atom stereocenters. The number of rotatable bonds is 5. The molecule has 2 rings (SSSR count). The van der Waals surface area contributed by atoms with Gasteiger partial charge in [0.25, 0.3) is 0 Å². The lowest BCUT2D eigenvalue weighted by Gasteiger charge is -2.25. The third kappa shape index (κ3) is 4.51. The van der Waals surface area contributed by atoms with Crippen LogP contribution in [0.1, 0.15) is 30.4 Å². The number of likely N-dealkylation sites (tertiary alicyclic amines) is 1. The maximum Gasteiger partial charge on any atom is 0.137 e. The second-order valence-electron chi connectivity index (χ2n) is 5.75. The number of ether oxygens (including phenoxy) is 1. The van der Waals surface area contributed by atoms with E-state index in [0.717, 1.165) is 17.9 Å². The van der Waals surface area contributed by atoms with E-state index in [1.807, 2.05) is 19.1 Å². The van der Waals surface area contributed by atoms with Crippen molar-refractivity contribution in [2.45, 2.75) is 39.2 Å². The number of piperidine rings is 1. The lowest BCUT2D eigenvalue weighted by Crippen LogP contribution is -3.14. The predicted molar refractivity (Wildman–Crippen MR) is 76.8 cm³/mol. The first kappa shape index (κ1) is 14.4. The van der Waals surface area contributed by atoms with Crippen molar-refractivity contribution in [1.29, 1.82) is 0 Å². The molecule has 1 saturated heterocycles. The summed E-state index contributed by atoms with van der Waals surface area (Å²) in [4.78, 5) is 1.52. The number of benzene rings is 1. The van der Waals surface area contributed by atoms with Crippen molar-refractivity contribution in [3.05, 3.63) is 29.3 Å². The van der Waals surface area contributed by atoms with E-state index in [1.165, 1.54) is 42.8 Å². The Bertz CT molecular complexity index is 400. The molecule has 1 heterocycles. The molecule has 3 nitrogen and oxygen atoms in total. The first-order valence-corrected chi connectivity index (χ1v) is 7.37. The van der Waals surface area contributed by atoms with Crippen LogP contribution in [-0.4, -0.2) is 37.5 Å². The highest BCUT2D eigenvalue weighted by molar-refractivity contribution is 5.35. The van der Waals surface area contributed by atoms with Crippen LogP contribution in [0, 0.1) is 13.8 Å². The third-order valence-corrected chi connectivity index (χ3v) is 3.85. The van der Waals surface area contributed by atoms with Crippen molar-refractivity contribution in [2.24, 2.45) is 0 Å². The molecular formula is C16H26NO2+. The SMILES string of the molecule is Cc1ccc(OCC(O)C[NH+]2CCCCC2)c(C)c1. The second-order valence-corrected chi connectivity index (χ2v) is 5.75. The second kappa shape index (κ2) is 6.92. The van der Waals surface area contributed by atoms with Crippen LogP contribution in [0.3, 0.4) is 0 Å². The van der Waals surface area contributed by atoms with Gasteiger partial charge >= 0.3 is 0 Å². The number of aryl methyl sites for hydroxylation is 2. The molecule has 0 radical (unpaired) electrons. The van der Waals surface area contributed by atoms with Crippen molar-refractivity contribution in [3.63, 3.8) is 0 Å². The monoisotopic (exact) mass is 264 g/mol. The highest BCUT2D eigenvalue weighted by atomic mass is 16.5. The molecule has 0 bridgehead atoms. The molecule has 1 fully saturated rings. The molecule has 2 N–H and O–H groups in total. The molecule has 19 heavy (non-hydrogen) atoms. The Morgan fingerprint density at radius 1 is 1.21 bits per heavy atom. The molecule has 106 valence electrons. The molecule has 0 aliphatic carbocycles. The molecule has 0 saturated carbocycles. The molecule has 0 amide bonds. The fraction of sp³-hybridized carbons (Fsp3) is 0.625. The molecule has 1 unspecified atom stereocenters. The smallest absolute Gasteiger partial charge is 0.137 e. The van der Waals surface area contributed by atoms with E-state index in [4.69, 9.17) is 4.74 Å². The summed E-state index contributed by atoms with van der Waals surface area (Å²) in [7, 11) is 0. The van der Waals surface area contributed by atoms with Gasteiger partial charge in [-0.2, -0.15) is 0 Å². The van der Waals surface area contributed by atoms with Crippen LogP contribution < -0.4 is 9.64 Å². The van der Waals surface area contributed by atoms with Crippen LogP contribution in [0.5, 0.6) is 5.75 Å². The number of nitrogens with one attached hydrogen (secondary N) is 1. The third-order valence-electron chi connectivity index (χ3n) is 3.85. The van der Waals surface area contributed by atoms with Crippen molar-refractivity contribution in [1.82, 2.24) is 0 Å². The molecule has 0 aromatic heterocycles. The van der Waals surface area contributed by atoms with E-state index in [-0.39, 0.29) is 6.10 Å². The number of aliphatic hydroxyl groups is 1. The summed E-state index contributed by atoms with van der Waals surface area (Å²) in [6.45, 7) is 7.72. The number of hydrogen-bond acceptors (Lipinski definition) is 2.